The molecular formula is C14H19FN4O3. The fourth-order valence-electron chi connectivity index (χ4n) is 2.32. The fourth-order valence-corrected chi connectivity index (χ4v) is 2.32. The minimum atomic E-state index is -0.502. The molecule has 1 aromatic rings. The van der Waals surface area contributed by atoms with Gasteiger partial charge < -0.3 is 15.4 Å². The SMILES string of the molecule is CC(=O)NCC(=O)NC1CCC(Oc2ncc(F)cn2)CC1. The molecule has 1 aromatic heterocycles. The first-order valence-corrected chi connectivity index (χ1v) is 7.21. The third-order valence-corrected chi connectivity index (χ3v) is 3.41. The summed E-state index contributed by atoms with van der Waals surface area (Å²) in [5.74, 6) is -0.925. The van der Waals surface area contributed by atoms with Gasteiger partial charge in [-0.05, 0) is 25.7 Å². The van der Waals surface area contributed by atoms with E-state index in [4.69, 9.17) is 4.74 Å². The summed E-state index contributed by atoms with van der Waals surface area (Å²) in [4.78, 5) is 29.9. The number of hydrogen-bond donors (Lipinski definition) is 2. The molecule has 1 aliphatic carbocycles. The van der Waals surface area contributed by atoms with Crippen molar-refractivity contribution < 1.29 is 18.7 Å². The Kier molecular flexibility index (Phi) is 5.62. The summed E-state index contributed by atoms with van der Waals surface area (Å²) in [7, 11) is 0. The van der Waals surface area contributed by atoms with E-state index in [0.29, 0.717) is 0 Å². The summed E-state index contributed by atoms with van der Waals surface area (Å²) in [6, 6.07) is 0.245. The number of nitrogens with one attached hydrogen (secondary N) is 2. The largest absolute Gasteiger partial charge is 0.460 e. The molecule has 0 saturated heterocycles. The van der Waals surface area contributed by atoms with Crippen LogP contribution in [0.5, 0.6) is 6.01 Å². The van der Waals surface area contributed by atoms with Crippen LogP contribution in [0.25, 0.3) is 0 Å². The second-order valence-corrected chi connectivity index (χ2v) is 5.25. The molecule has 7 nitrogen and oxygen atoms in total. The van der Waals surface area contributed by atoms with Gasteiger partial charge in [0.25, 0.3) is 0 Å². The summed E-state index contributed by atoms with van der Waals surface area (Å²) in [5.41, 5.74) is 0. The summed E-state index contributed by atoms with van der Waals surface area (Å²) in [6.45, 7) is 1.36. The maximum atomic E-state index is 12.7. The van der Waals surface area contributed by atoms with E-state index < -0.39 is 5.82 Å². The molecule has 120 valence electrons. The number of hydrogen-bond acceptors (Lipinski definition) is 5. The molecule has 2 amide bonds. The van der Waals surface area contributed by atoms with E-state index in [0.717, 1.165) is 38.1 Å². The molecule has 1 fully saturated rings. The molecular weight excluding hydrogens is 291 g/mol. The quantitative estimate of drug-likeness (QED) is 0.829. The molecule has 8 heteroatoms. The molecule has 0 bridgehead atoms. The third-order valence-electron chi connectivity index (χ3n) is 3.41. The zero-order valence-corrected chi connectivity index (χ0v) is 12.3. The lowest BCUT2D eigenvalue weighted by atomic mass is 9.93. The molecule has 0 aromatic carbocycles. The summed E-state index contributed by atoms with van der Waals surface area (Å²) in [6.07, 6.45) is 5.16. The number of rotatable bonds is 5. The number of carbonyl (C=O) groups excluding carboxylic acids is 2. The van der Waals surface area contributed by atoms with Gasteiger partial charge in [0.2, 0.25) is 11.8 Å². The zero-order valence-electron chi connectivity index (χ0n) is 12.3. The van der Waals surface area contributed by atoms with Crippen LogP contribution in [0.3, 0.4) is 0 Å². The maximum absolute atomic E-state index is 12.7. The molecule has 0 radical (unpaired) electrons. The number of amides is 2. The van der Waals surface area contributed by atoms with Gasteiger partial charge in [-0.25, -0.2) is 14.4 Å². The molecule has 1 saturated carbocycles. The number of aromatic nitrogens is 2. The van der Waals surface area contributed by atoms with Crippen molar-refractivity contribution in [2.24, 2.45) is 0 Å². The highest BCUT2D eigenvalue weighted by Gasteiger charge is 2.24. The molecule has 1 heterocycles. The normalized spacial score (nSPS) is 21.0. The van der Waals surface area contributed by atoms with E-state index in [-0.39, 0.29) is 36.5 Å². The summed E-state index contributed by atoms with van der Waals surface area (Å²) in [5, 5.41) is 5.33. The lowest BCUT2D eigenvalue weighted by Gasteiger charge is -2.28. The molecule has 0 unspecified atom stereocenters. The predicted molar refractivity (Wildman–Crippen MR) is 75.5 cm³/mol. The molecule has 1 aliphatic rings. The number of ether oxygens (including phenoxy) is 1. The average Bonchev–Trinajstić information content (AvgIpc) is 2.49. The van der Waals surface area contributed by atoms with Crippen LogP contribution in [0.2, 0.25) is 0 Å². The predicted octanol–water partition coefficient (Wildman–Crippen LogP) is 0.558. The van der Waals surface area contributed by atoms with Crippen LogP contribution in [0, 0.1) is 5.82 Å². The van der Waals surface area contributed by atoms with E-state index in [1.54, 1.807) is 0 Å². The van der Waals surface area contributed by atoms with Crippen molar-refractivity contribution in [3.63, 3.8) is 0 Å². The van der Waals surface area contributed by atoms with Crippen molar-refractivity contribution in [3.8, 4) is 6.01 Å². The van der Waals surface area contributed by atoms with Crippen molar-refractivity contribution in [1.82, 2.24) is 20.6 Å². The van der Waals surface area contributed by atoms with Crippen molar-refractivity contribution >= 4 is 11.8 Å². The highest BCUT2D eigenvalue weighted by molar-refractivity contribution is 5.83. The first kappa shape index (κ1) is 16.1. The maximum Gasteiger partial charge on any atom is 0.316 e. The van der Waals surface area contributed by atoms with Crippen LogP contribution >= 0.6 is 0 Å². The van der Waals surface area contributed by atoms with Gasteiger partial charge in [0, 0.05) is 13.0 Å². The smallest absolute Gasteiger partial charge is 0.316 e. The van der Waals surface area contributed by atoms with Crippen molar-refractivity contribution in [1.29, 1.82) is 0 Å². The molecule has 22 heavy (non-hydrogen) atoms. The number of nitrogens with zero attached hydrogens (tertiary/aromatic N) is 2. The number of carbonyl (C=O) groups is 2. The minimum Gasteiger partial charge on any atom is -0.460 e. The van der Waals surface area contributed by atoms with E-state index in [2.05, 4.69) is 20.6 Å². The highest BCUT2D eigenvalue weighted by Crippen LogP contribution is 2.22. The van der Waals surface area contributed by atoms with Gasteiger partial charge in [0.1, 0.15) is 6.10 Å². The highest BCUT2D eigenvalue weighted by atomic mass is 19.1. The van der Waals surface area contributed by atoms with Crippen LogP contribution in [0.4, 0.5) is 4.39 Å². The standard InChI is InChI=1S/C14H19FN4O3/c1-9(20)16-8-13(21)19-11-2-4-12(5-3-11)22-14-17-6-10(15)7-18-14/h6-7,11-12H,2-5,8H2,1H3,(H,16,20)(H,19,21). The average molecular weight is 310 g/mol. The van der Waals surface area contributed by atoms with Gasteiger partial charge in [-0.1, -0.05) is 0 Å². The Morgan fingerprint density at radius 3 is 2.50 bits per heavy atom. The van der Waals surface area contributed by atoms with Crippen LogP contribution < -0.4 is 15.4 Å². The Bertz CT molecular complexity index is 515. The van der Waals surface area contributed by atoms with Gasteiger partial charge in [0.15, 0.2) is 5.82 Å². The van der Waals surface area contributed by atoms with E-state index in [9.17, 15) is 14.0 Å². The Balaban J connectivity index is 1.70. The summed E-state index contributed by atoms with van der Waals surface area (Å²) >= 11 is 0. The number of halogens is 1. The van der Waals surface area contributed by atoms with Gasteiger partial charge in [-0.2, -0.15) is 0 Å². The van der Waals surface area contributed by atoms with E-state index in [1.807, 2.05) is 0 Å². The first-order chi connectivity index (χ1) is 10.5. The van der Waals surface area contributed by atoms with E-state index in [1.165, 1.54) is 6.92 Å². The molecule has 2 rings (SSSR count). The topological polar surface area (TPSA) is 93.2 Å². The second kappa shape index (κ2) is 7.67. The Labute approximate surface area is 127 Å². The molecule has 0 aliphatic heterocycles. The van der Waals surface area contributed by atoms with Gasteiger partial charge >= 0.3 is 6.01 Å². The lowest BCUT2D eigenvalue weighted by molar-refractivity contribution is -0.125. The van der Waals surface area contributed by atoms with E-state index >= 15 is 0 Å². The summed E-state index contributed by atoms with van der Waals surface area (Å²) < 4.78 is 18.3. The van der Waals surface area contributed by atoms with Crippen LogP contribution in [-0.2, 0) is 9.59 Å². The second-order valence-electron chi connectivity index (χ2n) is 5.25. The minimum absolute atomic E-state index is 0.00478. The van der Waals surface area contributed by atoms with Crippen LogP contribution in [0.1, 0.15) is 32.6 Å². The monoisotopic (exact) mass is 310 g/mol. The van der Waals surface area contributed by atoms with Gasteiger partial charge in [-0.3, -0.25) is 9.59 Å². The Hall–Kier alpha value is -2.25. The van der Waals surface area contributed by atoms with Crippen LogP contribution in [0.15, 0.2) is 12.4 Å². The van der Waals surface area contributed by atoms with Crippen LogP contribution in [-0.4, -0.2) is 40.5 Å². The Morgan fingerprint density at radius 1 is 1.27 bits per heavy atom. The Morgan fingerprint density at radius 2 is 1.91 bits per heavy atom. The van der Waals surface area contributed by atoms with Gasteiger partial charge in [-0.15, -0.1) is 0 Å². The zero-order chi connectivity index (χ0) is 15.9. The third kappa shape index (κ3) is 5.27. The van der Waals surface area contributed by atoms with Crippen molar-refractivity contribution in [2.75, 3.05) is 6.54 Å². The molecule has 0 atom stereocenters. The van der Waals surface area contributed by atoms with Crippen molar-refractivity contribution in [3.05, 3.63) is 18.2 Å². The first-order valence-electron chi connectivity index (χ1n) is 7.21. The lowest BCUT2D eigenvalue weighted by Crippen LogP contribution is -2.44. The van der Waals surface area contributed by atoms with Gasteiger partial charge in [0.05, 0.1) is 18.9 Å². The fraction of sp³-hybridized carbons (Fsp3) is 0.571. The molecule has 0 spiro atoms. The van der Waals surface area contributed by atoms with Crippen molar-refractivity contribution in [2.45, 2.75) is 44.8 Å². The molecule has 2 N–H and O–H groups in total.